The van der Waals surface area contributed by atoms with E-state index >= 15 is 0 Å². The summed E-state index contributed by atoms with van der Waals surface area (Å²) in [6.07, 6.45) is 1.71. The standard InChI is InChI=1S/C10H13FN2/c1-8-3-2-5-12-10(8)13-6-4-9(11)7-13/h2-3,5,9H,4,6-7H2,1H3. The molecule has 1 aliphatic rings. The van der Waals surface area contributed by atoms with Crippen molar-refractivity contribution >= 4 is 5.82 Å². The molecule has 1 saturated heterocycles. The van der Waals surface area contributed by atoms with Gasteiger partial charge in [-0.05, 0) is 25.0 Å². The minimum Gasteiger partial charge on any atom is -0.353 e. The number of hydrogen-bond donors (Lipinski definition) is 0. The van der Waals surface area contributed by atoms with Crippen LogP contribution in [0.5, 0.6) is 0 Å². The summed E-state index contributed by atoms with van der Waals surface area (Å²) in [7, 11) is 0. The Morgan fingerprint density at radius 1 is 1.62 bits per heavy atom. The number of nitrogens with zero attached hydrogens (tertiary/aromatic N) is 2. The Balaban J connectivity index is 2.21. The monoisotopic (exact) mass is 180 g/mol. The van der Waals surface area contributed by atoms with Crippen molar-refractivity contribution < 1.29 is 4.39 Å². The molecule has 0 saturated carbocycles. The van der Waals surface area contributed by atoms with Crippen LogP contribution in [0.15, 0.2) is 18.3 Å². The molecule has 0 radical (unpaired) electrons. The van der Waals surface area contributed by atoms with Crippen LogP contribution in [0.2, 0.25) is 0 Å². The summed E-state index contributed by atoms with van der Waals surface area (Å²) in [4.78, 5) is 6.27. The van der Waals surface area contributed by atoms with Gasteiger partial charge in [0.15, 0.2) is 0 Å². The Bertz CT molecular complexity index is 301. The van der Waals surface area contributed by atoms with Crippen LogP contribution in [0.4, 0.5) is 10.2 Å². The van der Waals surface area contributed by atoms with Crippen molar-refractivity contribution in [1.29, 1.82) is 0 Å². The lowest BCUT2D eigenvalue weighted by Gasteiger charge is -2.17. The van der Waals surface area contributed by atoms with Crippen LogP contribution in [0, 0.1) is 6.92 Å². The molecule has 1 aromatic heterocycles. The number of aromatic nitrogens is 1. The van der Waals surface area contributed by atoms with Crippen molar-refractivity contribution in [2.45, 2.75) is 19.5 Å². The number of hydrogen-bond acceptors (Lipinski definition) is 2. The van der Waals surface area contributed by atoms with E-state index in [9.17, 15) is 4.39 Å². The molecule has 1 unspecified atom stereocenters. The molecule has 2 rings (SSSR count). The van der Waals surface area contributed by atoms with Crippen molar-refractivity contribution in [3.63, 3.8) is 0 Å². The van der Waals surface area contributed by atoms with Gasteiger partial charge in [-0.3, -0.25) is 0 Å². The van der Waals surface area contributed by atoms with Gasteiger partial charge in [-0.2, -0.15) is 0 Å². The van der Waals surface area contributed by atoms with Crippen LogP contribution in [-0.4, -0.2) is 24.2 Å². The van der Waals surface area contributed by atoms with Gasteiger partial charge < -0.3 is 4.90 Å². The number of pyridine rings is 1. The van der Waals surface area contributed by atoms with Crippen molar-refractivity contribution in [3.8, 4) is 0 Å². The van der Waals surface area contributed by atoms with Gasteiger partial charge in [0.05, 0.1) is 6.54 Å². The number of halogens is 1. The normalized spacial score (nSPS) is 22.3. The fourth-order valence-corrected chi connectivity index (χ4v) is 1.72. The highest BCUT2D eigenvalue weighted by Gasteiger charge is 2.23. The van der Waals surface area contributed by atoms with Gasteiger partial charge >= 0.3 is 0 Å². The van der Waals surface area contributed by atoms with E-state index in [4.69, 9.17) is 0 Å². The predicted molar refractivity (Wildman–Crippen MR) is 50.7 cm³/mol. The zero-order chi connectivity index (χ0) is 9.26. The van der Waals surface area contributed by atoms with Gasteiger partial charge in [-0.25, -0.2) is 9.37 Å². The van der Waals surface area contributed by atoms with E-state index in [2.05, 4.69) is 4.98 Å². The first kappa shape index (κ1) is 8.48. The van der Waals surface area contributed by atoms with Crippen molar-refractivity contribution in [2.24, 2.45) is 0 Å². The third-order valence-corrected chi connectivity index (χ3v) is 2.41. The molecule has 0 N–H and O–H groups in total. The highest BCUT2D eigenvalue weighted by molar-refractivity contribution is 5.46. The molecule has 0 aromatic carbocycles. The lowest BCUT2D eigenvalue weighted by atomic mass is 10.3. The zero-order valence-electron chi connectivity index (χ0n) is 7.70. The second kappa shape index (κ2) is 3.32. The number of anilines is 1. The van der Waals surface area contributed by atoms with Crippen LogP contribution in [0.1, 0.15) is 12.0 Å². The molecular formula is C10H13FN2. The molecule has 0 bridgehead atoms. The van der Waals surface area contributed by atoms with E-state index in [0.29, 0.717) is 13.0 Å². The maximum atomic E-state index is 12.9. The zero-order valence-corrected chi connectivity index (χ0v) is 7.70. The molecule has 2 nitrogen and oxygen atoms in total. The summed E-state index contributed by atoms with van der Waals surface area (Å²) in [5, 5.41) is 0. The number of alkyl halides is 1. The van der Waals surface area contributed by atoms with Gasteiger partial charge in [0, 0.05) is 12.7 Å². The van der Waals surface area contributed by atoms with Gasteiger partial charge in [0.2, 0.25) is 0 Å². The predicted octanol–water partition coefficient (Wildman–Crippen LogP) is 1.94. The third kappa shape index (κ3) is 1.64. The summed E-state index contributed by atoms with van der Waals surface area (Å²) in [6, 6.07) is 3.91. The van der Waals surface area contributed by atoms with Crippen LogP contribution in [0.25, 0.3) is 0 Å². The van der Waals surface area contributed by atoms with E-state index < -0.39 is 6.17 Å². The van der Waals surface area contributed by atoms with Crippen LogP contribution in [-0.2, 0) is 0 Å². The molecule has 0 spiro atoms. The molecular weight excluding hydrogens is 167 g/mol. The maximum absolute atomic E-state index is 12.9. The first-order chi connectivity index (χ1) is 6.27. The highest BCUT2D eigenvalue weighted by Crippen LogP contribution is 2.22. The van der Waals surface area contributed by atoms with Crippen molar-refractivity contribution in [3.05, 3.63) is 23.9 Å². The molecule has 0 amide bonds. The average Bonchev–Trinajstić information content (AvgIpc) is 2.53. The summed E-state index contributed by atoms with van der Waals surface area (Å²) >= 11 is 0. The smallest absolute Gasteiger partial charge is 0.131 e. The fourth-order valence-electron chi connectivity index (χ4n) is 1.72. The lowest BCUT2D eigenvalue weighted by molar-refractivity contribution is 0.364. The summed E-state index contributed by atoms with van der Waals surface area (Å²) in [6.45, 7) is 3.30. The van der Waals surface area contributed by atoms with Crippen LogP contribution in [0.3, 0.4) is 0 Å². The summed E-state index contributed by atoms with van der Waals surface area (Å²) in [5.74, 6) is 0.933. The number of aryl methyl sites for hydroxylation is 1. The Morgan fingerprint density at radius 3 is 3.08 bits per heavy atom. The Kier molecular flexibility index (Phi) is 2.17. The molecule has 1 fully saturated rings. The second-order valence-corrected chi connectivity index (χ2v) is 3.48. The Hall–Kier alpha value is -1.12. The van der Waals surface area contributed by atoms with Crippen LogP contribution >= 0.6 is 0 Å². The first-order valence-electron chi connectivity index (χ1n) is 4.58. The van der Waals surface area contributed by atoms with E-state index in [0.717, 1.165) is 17.9 Å². The van der Waals surface area contributed by atoms with Crippen molar-refractivity contribution in [2.75, 3.05) is 18.0 Å². The van der Waals surface area contributed by atoms with E-state index in [-0.39, 0.29) is 0 Å². The molecule has 0 aliphatic carbocycles. The minimum absolute atomic E-state index is 0.498. The maximum Gasteiger partial charge on any atom is 0.131 e. The van der Waals surface area contributed by atoms with Gasteiger partial charge in [-0.1, -0.05) is 6.07 Å². The fraction of sp³-hybridized carbons (Fsp3) is 0.500. The molecule has 1 aromatic rings. The SMILES string of the molecule is Cc1cccnc1N1CCC(F)C1. The average molecular weight is 180 g/mol. The van der Waals surface area contributed by atoms with Gasteiger partial charge in [-0.15, -0.1) is 0 Å². The van der Waals surface area contributed by atoms with E-state index in [1.165, 1.54) is 0 Å². The third-order valence-electron chi connectivity index (χ3n) is 2.41. The Labute approximate surface area is 77.4 Å². The first-order valence-corrected chi connectivity index (χ1v) is 4.58. The summed E-state index contributed by atoms with van der Waals surface area (Å²) < 4.78 is 12.9. The lowest BCUT2D eigenvalue weighted by Crippen LogP contribution is -2.21. The molecule has 2 heterocycles. The second-order valence-electron chi connectivity index (χ2n) is 3.48. The van der Waals surface area contributed by atoms with Crippen molar-refractivity contribution in [1.82, 2.24) is 4.98 Å². The van der Waals surface area contributed by atoms with Crippen LogP contribution < -0.4 is 4.90 Å². The van der Waals surface area contributed by atoms with Gasteiger partial charge in [0.25, 0.3) is 0 Å². The molecule has 1 atom stereocenters. The Morgan fingerprint density at radius 2 is 2.46 bits per heavy atom. The quantitative estimate of drug-likeness (QED) is 0.656. The van der Waals surface area contributed by atoms with Gasteiger partial charge in [0.1, 0.15) is 12.0 Å². The van der Waals surface area contributed by atoms with E-state index in [1.807, 2.05) is 24.0 Å². The topological polar surface area (TPSA) is 16.1 Å². The minimum atomic E-state index is -0.679. The molecule has 13 heavy (non-hydrogen) atoms. The largest absolute Gasteiger partial charge is 0.353 e. The molecule has 3 heteroatoms. The van der Waals surface area contributed by atoms with E-state index in [1.54, 1.807) is 6.20 Å². The molecule has 1 aliphatic heterocycles. The molecule has 70 valence electrons. The highest BCUT2D eigenvalue weighted by atomic mass is 19.1. The summed E-state index contributed by atoms with van der Waals surface area (Å²) in [5.41, 5.74) is 1.12. The number of rotatable bonds is 1.